The first-order valence-electron chi connectivity index (χ1n) is 9.59. The molecule has 1 fully saturated rings. The van der Waals surface area contributed by atoms with Gasteiger partial charge in [-0.05, 0) is 31.7 Å². The van der Waals surface area contributed by atoms with Gasteiger partial charge in [-0.15, -0.1) is 0 Å². The second-order valence-electron chi connectivity index (χ2n) is 7.35. The van der Waals surface area contributed by atoms with E-state index in [1.165, 1.54) is 0 Å². The van der Waals surface area contributed by atoms with E-state index in [0.29, 0.717) is 22.8 Å². The average molecular weight is 414 g/mol. The van der Waals surface area contributed by atoms with Crippen molar-refractivity contribution in [2.75, 3.05) is 40.3 Å². The fourth-order valence-electron chi connectivity index (χ4n) is 3.68. The van der Waals surface area contributed by atoms with E-state index in [-0.39, 0.29) is 5.91 Å². The molecular weight excluding hydrogens is 390 g/mol. The molecule has 0 N–H and O–H groups in total. The number of rotatable bonds is 4. The lowest BCUT2D eigenvalue weighted by atomic mass is 10.1. The van der Waals surface area contributed by atoms with E-state index >= 15 is 0 Å². The van der Waals surface area contributed by atoms with E-state index in [1.54, 1.807) is 17.8 Å². The normalized spacial score (nSPS) is 15.2. The molecule has 3 aromatic rings. The van der Waals surface area contributed by atoms with Crippen molar-refractivity contribution in [3.8, 4) is 11.1 Å². The number of hydrogen-bond donors (Lipinski definition) is 0. The Labute approximate surface area is 174 Å². The summed E-state index contributed by atoms with van der Waals surface area (Å²) in [6.45, 7) is 5.45. The van der Waals surface area contributed by atoms with Crippen molar-refractivity contribution in [2.24, 2.45) is 0 Å². The van der Waals surface area contributed by atoms with Gasteiger partial charge in [0.2, 0.25) is 0 Å². The Morgan fingerprint density at radius 1 is 1.17 bits per heavy atom. The fourth-order valence-corrected chi connectivity index (χ4v) is 3.81. The summed E-state index contributed by atoms with van der Waals surface area (Å²) in [5.74, 6) is 0.00170. The number of carbonyl (C=O) groups is 1. The number of piperazine rings is 1. The molecule has 0 radical (unpaired) electrons. The van der Waals surface area contributed by atoms with Crippen molar-refractivity contribution in [1.29, 1.82) is 0 Å². The van der Waals surface area contributed by atoms with E-state index in [9.17, 15) is 4.79 Å². The Hall–Kier alpha value is -2.48. The van der Waals surface area contributed by atoms with Crippen LogP contribution in [0.4, 0.5) is 0 Å². The second-order valence-corrected chi connectivity index (χ2v) is 7.79. The van der Waals surface area contributed by atoms with E-state index in [0.717, 1.165) is 48.7 Å². The van der Waals surface area contributed by atoms with Crippen molar-refractivity contribution in [1.82, 2.24) is 24.4 Å². The van der Waals surface area contributed by atoms with Crippen LogP contribution in [0.5, 0.6) is 0 Å². The summed E-state index contributed by atoms with van der Waals surface area (Å²) in [6.07, 6.45) is 1.67. The maximum absolute atomic E-state index is 13.1. The van der Waals surface area contributed by atoms with Gasteiger partial charge in [0.25, 0.3) is 5.91 Å². The molecule has 1 aliphatic heterocycles. The molecule has 4 rings (SSSR count). The molecule has 0 spiro atoms. The zero-order chi connectivity index (χ0) is 20.5. The predicted molar refractivity (Wildman–Crippen MR) is 112 cm³/mol. The number of fused-ring (bicyclic) bond motifs is 1. The van der Waals surface area contributed by atoms with Crippen LogP contribution in [0.15, 0.2) is 30.5 Å². The molecule has 29 heavy (non-hydrogen) atoms. The summed E-state index contributed by atoms with van der Waals surface area (Å²) in [5.41, 5.74) is 4.68. The van der Waals surface area contributed by atoms with Crippen molar-refractivity contribution >= 4 is 23.2 Å². The van der Waals surface area contributed by atoms with Crippen molar-refractivity contribution in [3.05, 3.63) is 52.4 Å². The minimum absolute atomic E-state index is 0.00170. The number of aromatic nitrogens is 3. The molecule has 0 atom stereocenters. The van der Waals surface area contributed by atoms with Crippen LogP contribution in [0, 0.1) is 6.92 Å². The first-order valence-corrected chi connectivity index (χ1v) is 9.97. The molecule has 2 aromatic heterocycles. The minimum Gasteiger partial charge on any atom is -0.378 e. The zero-order valence-corrected chi connectivity index (χ0v) is 17.6. The summed E-state index contributed by atoms with van der Waals surface area (Å²) in [5, 5.41) is 5.39. The van der Waals surface area contributed by atoms with Crippen LogP contribution in [-0.2, 0) is 11.3 Å². The van der Waals surface area contributed by atoms with E-state index < -0.39 is 0 Å². The minimum atomic E-state index is 0.00170. The molecule has 1 aromatic carbocycles. The fraction of sp³-hybridized carbons (Fsp3) is 0.381. The molecule has 152 valence electrons. The highest BCUT2D eigenvalue weighted by Crippen LogP contribution is 2.30. The number of halogens is 1. The summed E-state index contributed by atoms with van der Waals surface area (Å²) < 4.78 is 7.11. The molecule has 1 amide bonds. The highest BCUT2D eigenvalue weighted by Gasteiger charge is 2.25. The van der Waals surface area contributed by atoms with Crippen molar-refractivity contribution < 1.29 is 9.53 Å². The Bertz CT molecular complexity index is 1040. The van der Waals surface area contributed by atoms with Gasteiger partial charge in [0.15, 0.2) is 5.65 Å². The van der Waals surface area contributed by atoms with Gasteiger partial charge in [0.05, 0.1) is 29.1 Å². The molecule has 0 saturated carbocycles. The van der Waals surface area contributed by atoms with Crippen LogP contribution in [0.25, 0.3) is 16.8 Å². The van der Waals surface area contributed by atoms with Crippen LogP contribution in [0.3, 0.4) is 0 Å². The summed E-state index contributed by atoms with van der Waals surface area (Å²) in [4.78, 5) is 21.8. The third kappa shape index (κ3) is 3.73. The standard InChI is InChI=1S/C21H24ClN5O2/c1-14-17(21(28)26-10-8-25(2)9-11-26)12-23-20-19(15-4-6-16(22)7-5-15)18(13-29-3)24-27(14)20/h4-7,12H,8-11,13H2,1-3H3. The summed E-state index contributed by atoms with van der Waals surface area (Å²) >= 11 is 6.05. The average Bonchev–Trinajstić information content (AvgIpc) is 3.08. The van der Waals surface area contributed by atoms with Crippen LogP contribution in [0.1, 0.15) is 21.7 Å². The molecule has 7 nitrogen and oxygen atoms in total. The van der Waals surface area contributed by atoms with Crippen LogP contribution >= 0.6 is 11.6 Å². The largest absolute Gasteiger partial charge is 0.378 e. The molecule has 0 aliphatic carbocycles. The van der Waals surface area contributed by atoms with Crippen molar-refractivity contribution in [3.63, 3.8) is 0 Å². The van der Waals surface area contributed by atoms with Gasteiger partial charge in [0.1, 0.15) is 0 Å². The van der Waals surface area contributed by atoms with Crippen LogP contribution in [-0.4, -0.2) is 70.6 Å². The Balaban J connectivity index is 1.78. The smallest absolute Gasteiger partial charge is 0.257 e. The van der Waals surface area contributed by atoms with Gasteiger partial charge in [-0.1, -0.05) is 23.7 Å². The number of nitrogens with zero attached hydrogens (tertiary/aromatic N) is 5. The Morgan fingerprint density at radius 3 is 2.52 bits per heavy atom. The van der Waals surface area contributed by atoms with Gasteiger partial charge in [-0.3, -0.25) is 4.79 Å². The Morgan fingerprint density at radius 2 is 1.86 bits per heavy atom. The van der Waals surface area contributed by atoms with E-state index in [1.807, 2.05) is 36.1 Å². The monoisotopic (exact) mass is 413 g/mol. The molecule has 1 saturated heterocycles. The maximum atomic E-state index is 13.1. The van der Waals surface area contributed by atoms with Gasteiger partial charge in [-0.2, -0.15) is 5.10 Å². The highest BCUT2D eigenvalue weighted by atomic mass is 35.5. The molecule has 3 heterocycles. The van der Waals surface area contributed by atoms with Crippen LogP contribution < -0.4 is 0 Å². The predicted octanol–water partition coefficient (Wildman–Crippen LogP) is 2.89. The molecule has 0 bridgehead atoms. The lowest BCUT2D eigenvalue weighted by Crippen LogP contribution is -2.47. The number of amides is 1. The molecule has 0 unspecified atom stereocenters. The number of aryl methyl sites for hydroxylation is 1. The van der Waals surface area contributed by atoms with Crippen molar-refractivity contribution in [2.45, 2.75) is 13.5 Å². The second kappa shape index (κ2) is 8.10. The zero-order valence-electron chi connectivity index (χ0n) is 16.9. The molecular formula is C21H24ClN5O2. The quantitative estimate of drug-likeness (QED) is 0.658. The molecule has 1 aliphatic rings. The third-order valence-electron chi connectivity index (χ3n) is 5.39. The first kappa shape index (κ1) is 19.8. The lowest BCUT2D eigenvalue weighted by molar-refractivity contribution is 0.0662. The number of hydrogen-bond acceptors (Lipinski definition) is 5. The number of likely N-dealkylation sites (N-methyl/N-ethyl adjacent to an activating group) is 1. The molecule has 8 heteroatoms. The maximum Gasteiger partial charge on any atom is 0.257 e. The number of benzene rings is 1. The first-order chi connectivity index (χ1) is 14.0. The SMILES string of the molecule is COCc1nn2c(C)c(C(=O)N3CCN(C)CC3)cnc2c1-c1ccc(Cl)cc1. The van der Waals surface area contributed by atoms with Gasteiger partial charge in [-0.25, -0.2) is 9.50 Å². The highest BCUT2D eigenvalue weighted by molar-refractivity contribution is 6.30. The van der Waals surface area contributed by atoms with Crippen LogP contribution in [0.2, 0.25) is 5.02 Å². The number of methoxy groups -OCH3 is 1. The lowest BCUT2D eigenvalue weighted by Gasteiger charge is -2.32. The van der Waals surface area contributed by atoms with E-state index in [2.05, 4.69) is 16.9 Å². The topological polar surface area (TPSA) is 63.0 Å². The Kier molecular flexibility index (Phi) is 5.54. The third-order valence-corrected chi connectivity index (χ3v) is 5.64. The van der Waals surface area contributed by atoms with Gasteiger partial charge < -0.3 is 14.5 Å². The number of carbonyl (C=O) groups excluding carboxylic acids is 1. The number of ether oxygens (including phenoxy) is 1. The summed E-state index contributed by atoms with van der Waals surface area (Å²) in [6, 6.07) is 7.57. The van der Waals surface area contributed by atoms with E-state index in [4.69, 9.17) is 21.4 Å². The van der Waals surface area contributed by atoms with Gasteiger partial charge in [0, 0.05) is 44.5 Å². The van der Waals surface area contributed by atoms with Gasteiger partial charge >= 0.3 is 0 Å². The summed E-state index contributed by atoms with van der Waals surface area (Å²) in [7, 11) is 3.71.